The summed E-state index contributed by atoms with van der Waals surface area (Å²) in [5.74, 6) is 0.0893. The van der Waals surface area contributed by atoms with Gasteiger partial charge in [-0.25, -0.2) is 4.79 Å². The first-order chi connectivity index (χ1) is 13.5. The van der Waals surface area contributed by atoms with Crippen LogP contribution in [0.2, 0.25) is 0 Å². The molecule has 3 N–H and O–H groups in total. The van der Waals surface area contributed by atoms with Crippen LogP contribution in [0.1, 0.15) is 57.3 Å². The second-order valence-electron chi connectivity index (χ2n) is 6.13. The van der Waals surface area contributed by atoms with Gasteiger partial charge in [-0.3, -0.25) is 0 Å². The number of hydrogen-bond acceptors (Lipinski definition) is 4. The Bertz CT molecular complexity index is 660. The van der Waals surface area contributed by atoms with E-state index in [1.54, 1.807) is 18.2 Å². The molecule has 0 aromatic heterocycles. The Balaban J connectivity index is 0.000000566. The molecule has 0 aliphatic rings. The molecule has 0 saturated carbocycles. The Hall–Kier alpha value is -2.53. The van der Waals surface area contributed by atoms with Gasteiger partial charge in [0.1, 0.15) is 11.5 Å². The fourth-order valence-electron chi connectivity index (χ4n) is 2.31. The second kappa shape index (κ2) is 15.5. The number of carboxylic acids is 1. The van der Waals surface area contributed by atoms with Crippen LogP contribution >= 0.6 is 0 Å². The van der Waals surface area contributed by atoms with E-state index in [9.17, 15) is 4.79 Å². The Morgan fingerprint density at radius 1 is 1.04 bits per heavy atom. The number of carbonyl (C=O) groups is 1. The molecule has 2 aromatic carbocycles. The van der Waals surface area contributed by atoms with E-state index in [4.69, 9.17) is 15.6 Å². The lowest BCUT2D eigenvalue weighted by Gasteiger charge is -2.13. The third-order valence-corrected chi connectivity index (χ3v) is 3.73. The van der Waals surface area contributed by atoms with Gasteiger partial charge in [0.15, 0.2) is 0 Å². The maximum atomic E-state index is 10.7. The summed E-state index contributed by atoms with van der Waals surface area (Å²) in [5, 5.41) is 8.79. The zero-order chi connectivity index (χ0) is 21.4. The summed E-state index contributed by atoms with van der Waals surface area (Å²) in [7, 11) is 2.19. The quantitative estimate of drug-likeness (QED) is 0.549. The van der Waals surface area contributed by atoms with Crippen LogP contribution in [0.5, 0.6) is 11.5 Å². The van der Waals surface area contributed by atoms with Crippen molar-refractivity contribution in [2.45, 2.75) is 47.0 Å². The van der Waals surface area contributed by atoms with Gasteiger partial charge >= 0.3 is 5.97 Å². The fourth-order valence-corrected chi connectivity index (χ4v) is 2.31. The lowest BCUT2D eigenvalue weighted by atomic mass is 10.2. The normalized spacial score (nSPS) is 9.64. The summed E-state index contributed by atoms with van der Waals surface area (Å²) in [6.07, 6.45) is 3.94. The second-order valence-corrected chi connectivity index (χ2v) is 6.13. The number of carboxylic acid groups (broad SMARTS) is 1. The molecule has 5 heteroatoms. The highest BCUT2D eigenvalue weighted by molar-refractivity contribution is 5.89. The Labute approximate surface area is 170 Å². The first-order valence-electron chi connectivity index (χ1n) is 10.0. The highest BCUT2D eigenvalue weighted by Gasteiger charge is 2.07. The molecule has 0 bridgehead atoms. The minimum Gasteiger partial charge on any atom is -0.478 e. The Morgan fingerprint density at radius 2 is 1.68 bits per heavy atom. The number of nitrogens with zero attached hydrogens (tertiary/aromatic N) is 1. The van der Waals surface area contributed by atoms with Crippen LogP contribution in [0.15, 0.2) is 48.5 Å². The van der Waals surface area contributed by atoms with Gasteiger partial charge < -0.3 is 20.5 Å². The van der Waals surface area contributed by atoms with Crippen LogP contribution in [-0.2, 0) is 0 Å². The Morgan fingerprint density at radius 3 is 2.18 bits per heavy atom. The Kier molecular flexibility index (Phi) is 14.1. The largest absolute Gasteiger partial charge is 0.478 e. The number of nitrogen functional groups attached to an aromatic ring is 1. The molecule has 0 amide bonds. The molecule has 0 heterocycles. The van der Waals surface area contributed by atoms with Gasteiger partial charge in [-0.05, 0) is 63.3 Å². The van der Waals surface area contributed by atoms with Crippen molar-refractivity contribution in [2.24, 2.45) is 0 Å². The molecule has 0 radical (unpaired) electrons. The smallest absolute Gasteiger partial charge is 0.335 e. The number of ether oxygens (including phenoxy) is 1. The van der Waals surface area contributed by atoms with Gasteiger partial charge in [0.25, 0.3) is 0 Å². The van der Waals surface area contributed by atoms with Crippen molar-refractivity contribution in [3.05, 3.63) is 54.1 Å². The highest BCUT2D eigenvalue weighted by Crippen LogP contribution is 2.27. The zero-order valence-corrected chi connectivity index (χ0v) is 17.9. The van der Waals surface area contributed by atoms with E-state index in [0.29, 0.717) is 17.2 Å². The molecule has 0 aliphatic carbocycles. The number of para-hydroxylation sites is 1. The predicted molar refractivity (Wildman–Crippen MR) is 118 cm³/mol. The van der Waals surface area contributed by atoms with E-state index < -0.39 is 5.97 Å². The third-order valence-electron chi connectivity index (χ3n) is 3.73. The summed E-state index contributed by atoms with van der Waals surface area (Å²) < 4.78 is 5.53. The average Bonchev–Trinajstić information content (AvgIpc) is 2.71. The number of aromatic carboxylic acids is 1. The monoisotopic (exact) mass is 388 g/mol. The SMILES string of the molecule is CC.CCCCN(C)CCC.Nc1cc(C(=O)O)ccc1Oc1ccccc1. The summed E-state index contributed by atoms with van der Waals surface area (Å²) >= 11 is 0. The first kappa shape index (κ1) is 25.5. The van der Waals surface area contributed by atoms with Crippen molar-refractivity contribution < 1.29 is 14.6 Å². The van der Waals surface area contributed by atoms with E-state index >= 15 is 0 Å². The highest BCUT2D eigenvalue weighted by atomic mass is 16.5. The number of hydrogen-bond donors (Lipinski definition) is 2. The molecule has 0 atom stereocenters. The van der Waals surface area contributed by atoms with Crippen LogP contribution in [0.25, 0.3) is 0 Å². The maximum Gasteiger partial charge on any atom is 0.335 e. The summed E-state index contributed by atoms with van der Waals surface area (Å²) in [4.78, 5) is 13.1. The molecule has 0 unspecified atom stereocenters. The molecule has 156 valence electrons. The van der Waals surface area contributed by atoms with Crippen LogP contribution in [-0.4, -0.2) is 36.1 Å². The van der Waals surface area contributed by atoms with Crippen LogP contribution < -0.4 is 10.5 Å². The van der Waals surface area contributed by atoms with Crippen LogP contribution in [0.3, 0.4) is 0 Å². The van der Waals surface area contributed by atoms with Gasteiger partial charge in [0, 0.05) is 0 Å². The fraction of sp³-hybridized carbons (Fsp3) is 0.435. The number of unbranched alkanes of at least 4 members (excludes halogenated alkanes) is 1. The molecular formula is C23H36N2O3. The van der Waals surface area contributed by atoms with Crippen LogP contribution in [0, 0.1) is 0 Å². The topological polar surface area (TPSA) is 75.8 Å². The third kappa shape index (κ3) is 10.6. The van der Waals surface area contributed by atoms with Gasteiger partial charge in [-0.2, -0.15) is 0 Å². The summed E-state index contributed by atoms with van der Waals surface area (Å²) in [6.45, 7) is 11.0. The van der Waals surface area contributed by atoms with Gasteiger partial charge in [-0.15, -0.1) is 0 Å². The lowest BCUT2D eigenvalue weighted by molar-refractivity contribution is 0.0697. The van der Waals surface area contributed by atoms with Crippen molar-refractivity contribution in [1.82, 2.24) is 4.90 Å². The van der Waals surface area contributed by atoms with Gasteiger partial charge in [0.05, 0.1) is 11.3 Å². The summed E-state index contributed by atoms with van der Waals surface area (Å²) in [5.41, 5.74) is 6.16. The molecule has 5 nitrogen and oxygen atoms in total. The van der Waals surface area contributed by atoms with Gasteiger partial charge in [-0.1, -0.05) is 52.3 Å². The molecule has 2 aromatic rings. The van der Waals surface area contributed by atoms with E-state index in [2.05, 4.69) is 25.8 Å². The standard InChI is InChI=1S/C13H11NO3.C8H19N.C2H6/c14-11-8-9(13(15)16)6-7-12(11)17-10-4-2-1-3-5-10;1-4-6-8-9(3)7-5-2;1-2/h1-8H,14H2,(H,15,16);4-8H2,1-3H3;1-2H3. The van der Waals surface area contributed by atoms with Gasteiger partial charge in [0.2, 0.25) is 0 Å². The predicted octanol–water partition coefficient (Wildman–Crippen LogP) is 5.91. The minimum atomic E-state index is -1.01. The van der Waals surface area contributed by atoms with E-state index in [1.165, 1.54) is 44.5 Å². The molecule has 0 fully saturated rings. The van der Waals surface area contributed by atoms with Crippen molar-refractivity contribution in [2.75, 3.05) is 25.9 Å². The van der Waals surface area contributed by atoms with Crippen molar-refractivity contribution in [1.29, 1.82) is 0 Å². The van der Waals surface area contributed by atoms with E-state index in [0.717, 1.165) is 0 Å². The van der Waals surface area contributed by atoms with Crippen molar-refractivity contribution in [3.8, 4) is 11.5 Å². The molecule has 0 aliphatic heterocycles. The number of benzene rings is 2. The summed E-state index contributed by atoms with van der Waals surface area (Å²) in [6, 6.07) is 13.5. The van der Waals surface area contributed by atoms with Crippen molar-refractivity contribution >= 4 is 11.7 Å². The van der Waals surface area contributed by atoms with Crippen molar-refractivity contribution in [3.63, 3.8) is 0 Å². The van der Waals surface area contributed by atoms with E-state index in [-0.39, 0.29) is 5.56 Å². The zero-order valence-electron chi connectivity index (χ0n) is 17.9. The number of rotatable bonds is 8. The van der Waals surface area contributed by atoms with E-state index in [1.807, 2.05) is 32.0 Å². The molecule has 0 saturated heterocycles. The van der Waals surface area contributed by atoms with Crippen LogP contribution in [0.4, 0.5) is 5.69 Å². The number of anilines is 1. The molecule has 28 heavy (non-hydrogen) atoms. The molecular weight excluding hydrogens is 352 g/mol. The number of nitrogens with two attached hydrogens (primary N) is 1. The minimum absolute atomic E-state index is 0.142. The molecule has 2 rings (SSSR count). The lowest BCUT2D eigenvalue weighted by Crippen LogP contribution is -2.19. The maximum absolute atomic E-state index is 10.7. The molecule has 0 spiro atoms. The first-order valence-corrected chi connectivity index (χ1v) is 10.0. The average molecular weight is 389 g/mol.